The molecule has 258 valence electrons. The van der Waals surface area contributed by atoms with Crippen LogP contribution in [0.3, 0.4) is 0 Å². The lowest BCUT2D eigenvalue weighted by Crippen LogP contribution is -2.19. The second kappa shape index (κ2) is 16.5. The first-order chi connectivity index (χ1) is 24.0. The monoisotopic (exact) mass is 668 g/mol. The third-order valence-electron chi connectivity index (χ3n) is 10.5. The molecule has 2 aliphatic carbocycles. The van der Waals surface area contributed by atoms with Crippen LogP contribution in [0.15, 0.2) is 104 Å². The van der Waals surface area contributed by atoms with Crippen molar-refractivity contribution >= 4 is 29.7 Å². The molecular weight excluding hydrogens is 620 g/mol. The maximum atomic E-state index is 10.9. The van der Waals surface area contributed by atoms with Gasteiger partial charge in [-0.25, -0.2) is 0 Å². The summed E-state index contributed by atoms with van der Waals surface area (Å²) in [5.74, 6) is 2.44. The highest BCUT2D eigenvalue weighted by Gasteiger charge is 2.27. The molecule has 50 heavy (non-hydrogen) atoms. The summed E-state index contributed by atoms with van der Waals surface area (Å²) in [7, 11) is 0. The van der Waals surface area contributed by atoms with Gasteiger partial charge in [-0.2, -0.15) is 0 Å². The minimum Gasteiger partial charge on any atom is -0.288 e. The summed E-state index contributed by atoms with van der Waals surface area (Å²) in [4.78, 5) is 43.8. The molecule has 0 fully saturated rings. The number of hydrogen-bond acceptors (Lipinski definition) is 4. The van der Waals surface area contributed by atoms with Crippen LogP contribution < -0.4 is 10.6 Å². The van der Waals surface area contributed by atoms with E-state index in [4.69, 9.17) is 0 Å². The van der Waals surface area contributed by atoms with Crippen LogP contribution in [0, 0.1) is 17.8 Å². The van der Waals surface area contributed by atoms with Gasteiger partial charge in [0.15, 0.2) is 0 Å². The average Bonchev–Trinajstić information content (AvgIpc) is 3.61. The lowest BCUT2D eigenvalue weighted by atomic mass is 9.78. The predicted octanol–water partition coefficient (Wildman–Crippen LogP) is 9.38. The van der Waals surface area contributed by atoms with Gasteiger partial charge >= 0.3 is 0 Å². The van der Waals surface area contributed by atoms with Crippen LogP contribution in [-0.4, -0.2) is 23.6 Å². The first-order valence-electron chi connectivity index (χ1n) is 17.8. The van der Waals surface area contributed by atoms with Crippen molar-refractivity contribution in [3.8, 4) is 0 Å². The van der Waals surface area contributed by atoms with E-state index in [0.29, 0.717) is 34.1 Å². The SMILES string of the molecule is C=Cc1ccc(CC(C)CCCC2c3ccc(cc3)C(C)C(C)CC2C)cc1.O=C1NC(=O)c2ccccc21.O=C1NC(=O)c2ccccc21. The second-order valence-corrected chi connectivity index (χ2v) is 14.1. The van der Waals surface area contributed by atoms with Gasteiger partial charge in [-0.3, -0.25) is 29.8 Å². The second-order valence-electron chi connectivity index (χ2n) is 14.1. The molecule has 0 aromatic heterocycles. The first-order valence-corrected chi connectivity index (χ1v) is 17.8. The smallest absolute Gasteiger partial charge is 0.258 e. The highest BCUT2D eigenvalue weighted by Crippen LogP contribution is 2.40. The number of nitrogens with one attached hydrogen (secondary N) is 2. The zero-order valence-corrected chi connectivity index (χ0v) is 29.6. The van der Waals surface area contributed by atoms with Crippen molar-refractivity contribution in [2.24, 2.45) is 17.8 Å². The maximum absolute atomic E-state index is 10.9. The Balaban J connectivity index is 0.000000178. The van der Waals surface area contributed by atoms with Crippen molar-refractivity contribution in [2.45, 2.75) is 71.6 Å². The Morgan fingerprint density at radius 3 is 1.58 bits per heavy atom. The summed E-state index contributed by atoms with van der Waals surface area (Å²) >= 11 is 0. The number of carbonyl (C=O) groups excluding carboxylic acids is 4. The molecule has 0 spiro atoms. The quantitative estimate of drug-likeness (QED) is 0.192. The van der Waals surface area contributed by atoms with Crippen molar-refractivity contribution in [3.05, 3.63) is 148 Å². The zero-order valence-electron chi connectivity index (χ0n) is 29.6. The molecule has 2 heterocycles. The molecule has 4 aliphatic rings. The molecule has 4 aromatic carbocycles. The molecule has 0 saturated carbocycles. The Bertz CT molecular complexity index is 1710. The van der Waals surface area contributed by atoms with Gasteiger partial charge in [0, 0.05) is 0 Å². The van der Waals surface area contributed by atoms with E-state index in [1.165, 1.54) is 48.8 Å². The highest BCUT2D eigenvalue weighted by atomic mass is 16.2. The lowest BCUT2D eigenvalue weighted by Gasteiger charge is -2.27. The molecule has 0 radical (unpaired) electrons. The summed E-state index contributed by atoms with van der Waals surface area (Å²) < 4.78 is 0. The van der Waals surface area contributed by atoms with Gasteiger partial charge in [0.05, 0.1) is 22.3 Å². The predicted molar refractivity (Wildman–Crippen MR) is 200 cm³/mol. The molecular formula is C44H48N2O4. The normalized spacial score (nSPS) is 20.7. The van der Waals surface area contributed by atoms with E-state index in [0.717, 1.165) is 17.8 Å². The van der Waals surface area contributed by atoms with E-state index in [2.05, 4.69) is 93.4 Å². The van der Waals surface area contributed by atoms with E-state index >= 15 is 0 Å². The number of amides is 4. The van der Waals surface area contributed by atoms with Gasteiger partial charge in [-0.05, 0) is 95.4 Å². The summed E-state index contributed by atoms with van der Waals surface area (Å²) in [6.45, 7) is 13.6. The Morgan fingerprint density at radius 1 is 0.660 bits per heavy atom. The van der Waals surface area contributed by atoms with E-state index in [-0.39, 0.29) is 23.6 Å². The topological polar surface area (TPSA) is 92.3 Å². The fourth-order valence-electron chi connectivity index (χ4n) is 7.32. The molecule has 2 N–H and O–H groups in total. The van der Waals surface area contributed by atoms with Gasteiger partial charge in [0.2, 0.25) is 0 Å². The largest absolute Gasteiger partial charge is 0.288 e. The van der Waals surface area contributed by atoms with Gasteiger partial charge in [0.1, 0.15) is 0 Å². The van der Waals surface area contributed by atoms with E-state index in [1.54, 1.807) is 54.1 Å². The van der Waals surface area contributed by atoms with Gasteiger partial charge in [-0.1, -0.05) is 126 Å². The molecule has 2 bridgehead atoms. The maximum Gasteiger partial charge on any atom is 0.258 e. The fourth-order valence-corrected chi connectivity index (χ4v) is 7.32. The molecule has 0 saturated heterocycles. The van der Waals surface area contributed by atoms with E-state index in [9.17, 15) is 19.2 Å². The summed E-state index contributed by atoms with van der Waals surface area (Å²) in [5, 5.41) is 4.41. The molecule has 4 aromatic rings. The number of rotatable bonds is 7. The van der Waals surface area contributed by atoms with Crippen LogP contribution in [0.4, 0.5) is 0 Å². The van der Waals surface area contributed by atoms with Crippen molar-refractivity contribution in [1.82, 2.24) is 10.6 Å². The molecule has 5 unspecified atom stereocenters. The summed E-state index contributed by atoms with van der Waals surface area (Å²) in [6, 6.07) is 32.0. The summed E-state index contributed by atoms with van der Waals surface area (Å²) in [5.41, 5.74) is 7.61. The van der Waals surface area contributed by atoms with Crippen LogP contribution in [0.1, 0.15) is 129 Å². The van der Waals surface area contributed by atoms with Gasteiger partial charge in [-0.15, -0.1) is 0 Å². The van der Waals surface area contributed by atoms with E-state index < -0.39 is 0 Å². The third-order valence-corrected chi connectivity index (χ3v) is 10.5. The molecule has 6 nitrogen and oxygen atoms in total. The number of benzene rings is 4. The lowest BCUT2D eigenvalue weighted by molar-refractivity contribution is 0.0863. The molecule has 8 rings (SSSR count). The van der Waals surface area contributed by atoms with Gasteiger partial charge < -0.3 is 0 Å². The number of hydrogen-bond donors (Lipinski definition) is 2. The van der Waals surface area contributed by atoms with Crippen LogP contribution in [0.25, 0.3) is 6.08 Å². The standard InChI is InChI=1S/C28H38.2C8H5NO2/c1-6-24-10-12-25(13-11-24)18-20(2)8-7-9-28-22(4)19-21(3)23(5)26-14-16-27(28)17-15-26;2*10-7-5-3-1-2-4-6(5)8(11)9-7/h6,10-17,20-23,28H,1,7-9,18-19H2,2-5H3;2*1-4H,(H,9,10,11). The zero-order chi connectivity index (χ0) is 35.8. The number of carbonyl (C=O) groups is 4. The van der Waals surface area contributed by atoms with Crippen LogP contribution in [0.2, 0.25) is 0 Å². The number of fused-ring (bicyclic) bond motifs is 8. The Labute approximate surface area is 296 Å². The number of imide groups is 2. The summed E-state index contributed by atoms with van der Waals surface area (Å²) in [6.07, 6.45) is 8.40. The molecule has 5 atom stereocenters. The minimum absolute atomic E-state index is 0.300. The third kappa shape index (κ3) is 8.73. The average molecular weight is 669 g/mol. The Hall–Kier alpha value is -5.10. The van der Waals surface area contributed by atoms with Crippen molar-refractivity contribution in [3.63, 3.8) is 0 Å². The van der Waals surface area contributed by atoms with Crippen molar-refractivity contribution < 1.29 is 19.2 Å². The van der Waals surface area contributed by atoms with E-state index in [1.807, 2.05) is 6.08 Å². The van der Waals surface area contributed by atoms with Gasteiger partial charge in [0.25, 0.3) is 23.6 Å². The minimum atomic E-state index is -0.300. The van der Waals surface area contributed by atoms with Crippen LogP contribution >= 0.6 is 0 Å². The highest BCUT2D eigenvalue weighted by molar-refractivity contribution is 6.22. The fraction of sp³-hybridized carbons (Fsp3) is 0.318. The molecule has 2 aliphatic heterocycles. The first kappa shape index (κ1) is 36.2. The Kier molecular flexibility index (Phi) is 12.0. The molecule has 4 amide bonds. The Morgan fingerprint density at radius 2 is 1.12 bits per heavy atom. The van der Waals surface area contributed by atoms with Crippen LogP contribution in [0.5, 0.6) is 0 Å². The molecule has 6 heteroatoms. The van der Waals surface area contributed by atoms with Crippen molar-refractivity contribution in [1.29, 1.82) is 0 Å². The van der Waals surface area contributed by atoms with Crippen LogP contribution in [-0.2, 0) is 6.42 Å². The van der Waals surface area contributed by atoms with Crippen molar-refractivity contribution in [2.75, 3.05) is 0 Å².